The fourth-order valence-electron chi connectivity index (χ4n) is 1.83. The van der Waals surface area contributed by atoms with Crippen LogP contribution in [0.25, 0.3) is 0 Å². The summed E-state index contributed by atoms with van der Waals surface area (Å²) in [5.74, 6) is 0.103. The minimum Gasteiger partial charge on any atom is -0.489 e. The molecule has 0 aromatic heterocycles. The van der Waals surface area contributed by atoms with E-state index in [2.05, 4.69) is 0 Å². The van der Waals surface area contributed by atoms with Gasteiger partial charge >= 0.3 is 0 Å². The molecule has 0 fully saturated rings. The molecular weight excluding hydrogens is 265 g/mol. The molecule has 2 aromatic rings. The van der Waals surface area contributed by atoms with Crippen molar-refractivity contribution in [2.24, 2.45) is 5.73 Å². The summed E-state index contributed by atoms with van der Waals surface area (Å²) in [5.41, 5.74) is 7.82. The first-order valence-corrected chi connectivity index (χ1v) is 6.43. The van der Waals surface area contributed by atoms with Gasteiger partial charge in [0.15, 0.2) is 0 Å². The molecule has 0 aliphatic rings. The number of nitrogens with two attached hydrogens (primary N) is 1. The van der Waals surface area contributed by atoms with Crippen molar-refractivity contribution in [1.29, 1.82) is 0 Å². The van der Waals surface area contributed by atoms with Crippen LogP contribution in [-0.2, 0) is 13.0 Å². The average molecular weight is 280 g/mol. The number of hydrogen-bond donors (Lipinski definition) is 1. The summed E-state index contributed by atoms with van der Waals surface area (Å²) in [6.07, 6.45) is 0.809. The van der Waals surface area contributed by atoms with E-state index >= 15 is 0 Å². The van der Waals surface area contributed by atoms with E-state index in [9.17, 15) is 4.39 Å². The Labute approximate surface area is 117 Å². The summed E-state index contributed by atoms with van der Waals surface area (Å²) in [7, 11) is 0. The number of hydrogen-bond acceptors (Lipinski definition) is 2. The van der Waals surface area contributed by atoms with E-state index in [1.54, 1.807) is 6.07 Å². The number of rotatable bonds is 5. The summed E-state index contributed by atoms with van der Waals surface area (Å²) in [6, 6.07) is 12.3. The maximum absolute atomic E-state index is 13.0. The van der Waals surface area contributed by atoms with Crippen LogP contribution in [0.15, 0.2) is 42.5 Å². The fourth-order valence-corrected chi connectivity index (χ4v) is 2.00. The zero-order valence-electron chi connectivity index (χ0n) is 10.4. The third-order valence-corrected chi connectivity index (χ3v) is 3.11. The second-order valence-electron chi connectivity index (χ2n) is 4.17. The SMILES string of the molecule is NCCc1ccccc1COc1ccc(F)c(Cl)c1. The Kier molecular flexibility index (Phi) is 4.77. The molecule has 0 amide bonds. The van der Waals surface area contributed by atoms with Gasteiger partial charge in [0, 0.05) is 6.07 Å². The molecule has 2 nitrogen and oxygen atoms in total. The summed E-state index contributed by atoms with van der Waals surface area (Å²) >= 11 is 5.71. The standard InChI is InChI=1S/C15H15ClFNO/c16-14-9-13(5-6-15(14)17)19-10-12-4-2-1-3-11(12)7-8-18/h1-6,9H,7-8,10,18H2. The van der Waals surface area contributed by atoms with Gasteiger partial charge in [-0.3, -0.25) is 0 Å². The van der Waals surface area contributed by atoms with Crippen LogP contribution in [0.4, 0.5) is 4.39 Å². The molecule has 19 heavy (non-hydrogen) atoms. The van der Waals surface area contributed by atoms with Crippen LogP contribution in [-0.4, -0.2) is 6.54 Å². The van der Waals surface area contributed by atoms with Gasteiger partial charge in [0.2, 0.25) is 0 Å². The molecule has 4 heteroatoms. The summed E-state index contributed by atoms with van der Waals surface area (Å²) in [4.78, 5) is 0. The summed E-state index contributed by atoms with van der Waals surface area (Å²) in [5, 5.41) is 0.0627. The smallest absolute Gasteiger partial charge is 0.142 e. The van der Waals surface area contributed by atoms with Gasteiger partial charge in [0.1, 0.15) is 18.2 Å². The molecule has 2 N–H and O–H groups in total. The number of ether oxygens (including phenoxy) is 1. The Bertz CT molecular complexity index is 560. The lowest BCUT2D eigenvalue weighted by atomic mass is 10.1. The zero-order chi connectivity index (χ0) is 13.7. The maximum Gasteiger partial charge on any atom is 0.142 e. The monoisotopic (exact) mass is 279 g/mol. The zero-order valence-corrected chi connectivity index (χ0v) is 11.2. The Hall–Kier alpha value is -1.58. The Morgan fingerprint density at radius 2 is 1.84 bits per heavy atom. The van der Waals surface area contributed by atoms with Gasteiger partial charge in [-0.05, 0) is 36.2 Å². The summed E-state index contributed by atoms with van der Waals surface area (Å²) < 4.78 is 18.6. The molecular formula is C15H15ClFNO. The normalized spacial score (nSPS) is 10.5. The van der Waals surface area contributed by atoms with Crippen LogP contribution in [0.1, 0.15) is 11.1 Å². The highest BCUT2D eigenvalue weighted by atomic mass is 35.5. The van der Waals surface area contributed by atoms with Gasteiger partial charge in [-0.1, -0.05) is 35.9 Å². The molecule has 0 spiro atoms. The maximum atomic E-state index is 13.0. The van der Waals surface area contributed by atoms with E-state index in [0.29, 0.717) is 18.9 Å². The lowest BCUT2D eigenvalue weighted by Gasteiger charge is -2.10. The molecule has 0 atom stereocenters. The van der Waals surface area contributed by atoms with E-state index in [1.165, 1.54) is 17.7 Å². The van der Waals surface area contributed by atoms with Crippen LogP contribution in [0.2, 0.25) is 5.02 Å². The van der Waals surface area contributed by atoms with Crippen molar-refractivity contribution in [1.82, 2.24) is 0 Å². The number of benzene rings is 2. The van der Waals surface area contributed by atoms with Crippen molar-refractivity contribution in [3.8, 4) is 5.75 Å². The van der Waals surface area contributed by atoms with Crippen molar-refractivity contribution < 1.29 is 9.13 Å². The van der Waals surface area contributed by atoms with E-state index in [1.807, 2.05) is 24.3 Å². The van der Waals surface area contributed by atoms with Crippen molar-refractivity contribution in [3.63, 3.8) is 0 Å². The number of halogens is 2. The molecule has 0 saturated heterocycles. The highest BCUT2D eigenvalue weighted by Crippen LogP contribution is 2.22. The van der Waals surface area contributed by atoms with E-state index in [-0.39, 0.29) is 5.02 Å². The Balaban J connectivity index is 2.07. The van der Waals surface area contributed by atoms with Gasteiger partial charge in [-0.2, -0.15) is 0 Å². The van der Waals surface area contributed by atoms with Crippen LogP contribution >= 0.6 is 11.6 Å². The fraction of sp³-hybridized carbons (Fsp3) is 0.200. The molecule has 0 unspecified atom stereocenters. The first-order chi connectivity index (χ1) is 9.20. The van der Waals surface area contributed by atoms with Crippen molar-refractivity contribution >= 4 is 11.6 Å². The molecule has 0 saturated carbocycles. The largest absolute Gasteiger partial charge is 0.489 e. The molecule has 0 radical (unpaired) electrons. The molecule has 0 heterocycles. The molecule has 2 aromatic carbocycles. The highest BCUT2D eigenvalue weighted by Gasteiger charge is 2.04. The van der Waals surface area contributed by atoms with Gasteiger partial charge in [0.25, 0.3) is 0 Å². The van der Waals surface area contributed by atoms with E-state index in [0.717, 1.165) is 12.0 Å². The average Bonchev–Trinajstić information content (AvgIpc) is 2.42. The molecule has 100 valence electrons. The quantitative estimate of drug-likeness (QED) is 0.908. The van der Waals surface area contributed by atoms with Crippen molar-refractivity contribution in [2.45, 2.75) is 13.0 Å². The first kappa shape index (κ1) is 13.8. The van der Waals surface area contributed by atoms with E-state index < -0.39 is 5.82 Å². The lowest BCUT2D eigenvalue weighted by Crippen LogP contribution is -2.07. The highest BCUT2D eigenvalue weighted by molar-refractivity contribution is 6.30. The van der Waals surface area contributed by atoms with E-state index in [4.69, 9.17) is 22.1 Å². The summed E-state index contributed by atoms with van der Waals surface area (Å²) in [6.45, 7) is 1.01. The lowest BCUT2D eigenvalue weighted by molar-refractivity contribution is 0.304. The minimum absolute atomic E-state index is 0.0627. The third-order valence-electron chi connectivity index (χ3n) is 2.82. The molecule has 0 aliphatic carbocycles. The third kappa shape index (κ3) is 3.69. The van der Waals surface area contributed by atoms with Gasteiger partial charge in [-0.15, -0.1) is 0 Å². The second-order valence-corrected chi connectivity index (χ2v) is 4.58. The van der Waals surface area contributed by atoms with Gasteiger partial charge in [-0.25, -0.2) is 4.39 Å². The van der Waals surface area contributed by atoms with Crippen molar-refractivity contribution in [3.05, 3.63) is 64.4 Å². The van der Waals surface area contributed by atoms with Crippen molar-refractivity contribution in [2.75, 3.05) is 6.54 Å². The van der Waals surface area contributed by atoms with Gasteiger partial charge < -0.3 is 10.5 Å². The molecule has 2 rings (SSSR count). The Morgan fingerprint density at radius 3 is 2.53 bits per heavy atom. The van der Waals surface area contributed by atoms with Crippen LogP contribution in [0, 0.1) is 5.82 Å². The van der Waals surface area contributed by atoms with Gasteiger partial charge in [0.05, 0.1) is 5.02 Å². The Morgan fingerprint density at radius 1 is 1.11 bits per heavy atom. The predicted octanol–water partition coefficient (Wildman–Crippen LogP) is 3.56. The predicted molar refractivity (Wildman–Crippen MR) is 74.9 cm³/mol. The molecule has 0 bridgehead atoms. The topological polar surface area (TPSA) is 35.2 Å². The van der Waals surface area contributed by atoms with Crippen LogP contribution in [0.5, 0.6) is 5.75 Å². The second kappa shape index (κ2) is 6.55. The van der Waals surface area contributed by atoms with Crippen LogP contribution < -0.4 is 10.5 Å². The molecule has 0 aliphatic heterocycles. The minimum atomic E-state index is -0.447. The first-order valence-electron chi connectivity index (χ1n) is 6.05. The van der Waals surface area contributed by atoms with Crippen LogP contribution in [0.3, 0.4) is 0 Å².